The summed E-state index contributed by atoms with van der Waals surface area (Å²) in [5.41, 5.74) is -0.987. The molecule has 5 nitrogen and oxygen atoms in total. The summed E-state index contributed by atoms with van der Waals surface area (Å²) in [6.07, 6.45) is 5.89. The van der Waals surface area contributed by atoms with Gasteiger partial charge in [-0.25, -0.2) is 16.8 Å². The van der Waals surface area contributed by atoms with E-state index in [4.69, 9.17) is 4.74 Å². The molecule has 0 radical (unpaired) electrons. The summed E-state index contributed by atoms with van der Waals surface area (Å²) in [6, 6.07) is 16.6. The van der Waals surface area contributed by atoms with Gasteiger partial charge in [-0.05, 0) is 37.1 Å². The second-order valence-corrected chi connectivity index (χ2v) is 13.8. The highest BCUT2D eigenvalue weighted by Crippen LogP contribution is 2.84. The van der Waals surface area contributed by atoms with E-state index in [1.54, 1.807) is 60.7 Å². The maximum Gasteiger partial charge on any atom is 0.182 e. The lowest BCUT2D eigenvalue weighted by Gasteiger charge is -2.36. The van der Waals surface area contributed by atoms with Gasteiger partial charge in [-0.2, -0.15) is 0 Å². The fraction of sp³-hybridized carbons (Fsp3) is 0.417. The minimum Gasteiger partial charge on any atom is -0.361 e. The second-order valence-electron chi connectivity index (χ2n) is 9.62. The van der Waals surface area contributed by atoms with Gasteiger partial charge < -0.3 is 4.74 Å². The van der Waals surface area contributed by atoms with Gasteiger partial charge in [-0.15, -0.1) is 0 Å². The van der Waals surface area contributed by atoms with E-state index in [-0.39, 0.29) is 33.5 Å². The number of rotatable bonds is 4. The third kappa shape index (κ3) is 1.90. The van der Waals surface area contributed by atoms with Crippen LogP contribution >= 0.6 is 0 Å². The number of benzene rings is 2. The largest absolute Gasteiger partial charge is 0.361 e. The molecule has 4 bridgehead atoms. The zero-order valence-electron chi connectivity index (χ0n) is 16.7. The molecule has 7 heteroatoms. The van der Waals surface area contributed by atoms with Crippen LogP contribution in [0, 0.1) is 23.7 Å². The van der Waals surface area contributed by atoms with Crippen LogP contribution in [0.1, 0.15) is 12.8 Å². The lowest BCUT2D eigenvalue weighted by Crippen LogP contribution is -2.54. The first kappa shape index (κ1) is 18.6. The van der Waals surface area contributed by atoms with Crippen LogP contribution < -0.4 is 0 Å². The summed E-state index contributed by atoms with van der Waals surface area (Å²) in [7, 11) is -7.73. The van der Waals surface area contributed by atoms with Gasteiger partial charge in [0.05, 0.1) is 20.3 Å². The molecule has 5 aliphatic rings. The molecule has 7 rings (SSSR count). The van der Waals surface area contributed by atoms with Crippen molar-refractivity contribution in [2.45, 2.75) is 44.3 Å². The van der Waals surface area contributed by atoms with E-state index in [9.17, 15) is 16.8 Å². The number of hydrogen-bond acceptors (Lipinski definition) is 5. The normalized spacial score (nSPS) is 43.7. The topological polar surface area (TPSA) is 80.8 Å². The predicted octanol–water partition coefficient (Wildman–Crippen LogP) is 3.03. The molecule has 1 saturated heterocycles. The van der Waals surface area contributed by atoms with E-state index < -0.39 is 41.4 Å². The lowest BCUT2D eigenvalue weighted by molar-refractivity contribution is 0.0967. The van der Waals surface area contributed by atoms with Crippen molar-refractivity contribution in [3.8, 4) is 0 Å². The van der Waals surface area contributed by atoms with Crippen molar-refractivity contribution < 1.29 is 21.6 Å². The van der Waals surface area contributed by atoms with E-state index in [0.29, 0.717) is 6.42 Å². The summed E-state index contributed by atoms with van der Waals surface area (Å²) in [5.74, 6) is -0.208. The van der Waals surface area contributed by atoms with Crippen LogP contribution in [0.5, 0.6) is 0 Å². The van der Waals surface area contributed by atoms with Crippen molar-refractivity contribution in [3.05, 3.63) is 72.8 Å². The van der Waals surface area contributed by atoms with Gasteiger partial charge in [-0.1, -0.05) is 48.6 Å². The molecule has 8 atom stereocenters. The summed E-state index contributed by atoms with van der Waals surface area (Å²) in [5, 5.41) is -1.98. The van der Waals surface area contributed by atoms with Crippen LogP contribution in [-0.2, 0) is 24.4 Å². The van der Waals surface area contributed by atoms with Crippen LogP contribution in [0.3, 0.4) is 0 Å². The van der Waals surface area contributed by atoms with Gasteiger partial charge in [0.25, 0.3) is 0 Å². The zero-order chi connectivity index (χ0) is 21.2. The molecule has 0 unspecified atom stereocenters. The number of epoxide rings is 1. The fourth-order valence-electron chi connectivity index (χ4n) is 7.76. The number of fused-ring (bicyclic) bond motifs is 4. The highest BCUT2D eigenvalue weighted by atomic mass is 32.2. The first-order valence-electron chi connectivity index (χ1n) is 10.8. The third-order valence-electron chi connectivity index (χ3n) is 8.68. The summed E-state index contributed by atoms with van der Waals surface area (Å²) >= 11 is 0. The molecule has 3 saturated carbocycles. The first-order valence-corrected chi connectivity index (χ1v) is 13.9. The maximum absolute atomic E-state index is 13.9. The SMILES string of the molecule is O=S(=O)(c1ccccc1)[C@@H]1[C@H](S(=O)(=O)c2ccccc2)[C@@H]2C[C@H]1[C@@]13O[C@]21[C@H]1C=C[C@H]3C1. The van der Waals surface area contributed by atoms with Gasteiger partial charge in [0, 0.05) is 23.7 Å². The van der Waals surface area contributed by atoms with Gasteiger partial charge in [0.15, 0.2) is 19.7 Å². The molecule has 2 aromatic carbocycles. The maximum atomic E-state index is 13.9. The standard InChI is InChI=1S/C24H22O5S2/c25-30(26,17-7-3-1-4-8-17)21-19-14-20(22(21)31(27,28)18-9-5-2-6-10-18)24-16-12-11-15(13-16)23(19,24)29-24/h1-12,15-16,19-22H,13-14H2/t15-,16-,19-,20+,21+,22-,23+,24+/m0/s1. The Bertz CT molecular complexity index is 1230. The van der Waals surface area contributed by atoms with Crippen LogP contribution in [0.2, 0.25) is 0 Å². The Hall–Kier alpha value is -1.96. The minimum atomic E-state index is -3.86. The van der Waals surface area contributed by atoms with E-state index in [1.165, 1.54) is 0 Å². The molecule has 1 heterocycles. The fourth-order valence-corrected chi connectivity index (χ4v) is 12.9. The average Bonchev–Trinajstić information content (AvgIpc) is 3.16. The molecular weight excluding hydrogens is 432 g/mol. The molecule has 0 spiro atoms. The van der Waals surface area contributed by atoms with Crippen molar-refractivity contribution in [1.82, 2.24) is 0 Å². The van der Waals surface area contributed by atoms with E-state index in [0.717, 1.165) is 6.42 Å². The smallest absolute Gasteiger partial charge is 0.182 e. The second kappa shape index (κ2) is 5.50. The molecule has 4 aliphatic carbocycles. The van der Waals surface area contributed by atoms with Gasteiger partial charge >= 0.3 is 0 Å². The Kier molecular flexibility index (Phi) is 3.30. The van der Waals surface area contributed by atoms with Crippen LogP contribution in [-0.4, -0.2) is 38.5 Å². The Morgan fingerprint density at radius 1 is 0.645 bits per heavy atom. The van der Waals surface area contributed by atoms with Crippen molar-refractivity contribution in [3.63, 3.8) is 0 Å². The van der Waals surface area contributed by atoms with Crippen molar-refractivity contribution in [2.24, 2.45) is 23.7 Å². The molecule has 0 N–H and O–H groups in total. The predicted molar refractivity (Wildman–Crippen MR) is 114 cm³/mol. The molecule has 2 aromatic rings. The molecule has 31 heavy (non-hydrogen) atoms. The lowest BCUT2D eigenvalue weighted by atomic mass is 9.73. The van der Waals surface area contributed by atoms with Gasteiger partial charge in [0.1, 0.15) is 11.2 Å². The monoisotopic (exact) mass is 454 g/mol. The van der Waals surface area contributed by atoms with Crippen LogP contribution in [0.25, 0.3) is 0 Å². The highest BCUT2D eigenvalue weighted by molar-refractivity contribution is 7.96. The Labute approximate surface area is 182 Å². The van der Waals surface area contributed by atoms with Gasteiger partial charge in [0.2, 0.25) is 0 Å². The van der Waals surface area contributed by atoms with Crippen LogP contribution in [0.15, 0.2) is 82.6 Å². The Morgan fingerprint density at radius 3 is 1.48 bits per heavy atom. The van der Waals surface area contributed by atoms with E-state index in [1.807, 2.05) is 0 Å². The summed E-state index contributed by atoms with van der Waals surface area (Å²) < 4.78 is 62.2. The Balaban J connectivity index is 1.44. The number of ether oxygens (including phenoxy) is 1. The van der Waals surface area contributed by atoms with Crippen molar-refractivity contribution >= 4 is 19.7 Å². The minimum absolute atomic E-state index is 0.196. The summed E-state index contributed by atoms with van der Waals surface area (Å²) in [4.78, 5) is 0.393. The molecule has 1 aliphatic heterocycles. The third-order valence-corrected chi connectivity index (χ3v) is 13.4. The van der Waals surface area contributed by atoms with E-state index in [2.05, 4.69) is 12.2 Å². The first-order chi connectivity index (χ1) is 14.8. The van der Waals surface area contributed by atoms with E-state index >= 15 is 0 Å². The average molecular weight is 455 g/mol. The molecule has 160 valence electrons. The van der Waals surface area contributed by atoms with Crippen molar-refractivity contribution in [1.29, 1.82) is 0 Å². The number of hydrogen-bond donors (Lipinski definition) is 0. The van der Waals surface area contributed by atoms with Crippen molar-refractivity contribution in [2.75, 3.05) is 0 Å². The number of sulfone groups is 2. The summed E-state index contributed by atoms with van der Waals surface area (Å²) in [6.45, 7) is 0. The quantitative estimate of drug-likeness (QED) is 0.524. The zero-order valence-corrected chi connectivity index (χ0v) is 18.3. The van der Waals surface area contributed by atoms with Crippen LogP contribution in [0.4, 0.5) is 0 Å². The molecular formula is C24H22O5S2. The molecule has 0 amide bonds. The molecule has 0 aromatic heterocycles. The Morgan fingerprint density at radius 2 is 1.06 bits per heavy atom. The van der Waals surface area contributed by atoms with Gasteiger partial charge in [-0.3, -0.25) is 0 Å². The molecule has 4 fully saturated rings. The highest BCUT2D eigenvalue weighted by Gasteiger charge is 2.94.